The van der Waals surface area contributed by atoms with Crippen molar-refractivity contribution in [2.75, 3.05) is 39.9 Å². The topological polar surface area (TPSA) is 33.7 Å². The van der Waals surface area contributed by atoms with Gasteiger partial charge in [-0.05, 0) is 13.1 Å². The molecule has 0 bridgehead atoms. The highest BCUT2D eigenvalue weighted by Crippen LogP contribution is 2.34. The molecule has 3 rings (SSSR count). The van der Waals surface area contributed by atoms with Crippen molar-refractivity contribution >= 4 is 0 Å². The highest BCUT2D eigenvalue weighted by Gasteiger charge is 2.28. The SMILES string of the molecule is CC1COc2ccccc2C1NCC1CN(C)CCO1. The number of hydrogen-bond acceptors (Lipinski definition) is 4. The first-order valence-corrected chi connectivity index (χ1v) is 7.49. The monoisotopic (exact) mass is 276 g/mol. The Balaban J connectivity index is 1.64. The van der Waals surface area contributed by atoms with Crippen molar-refractivity contribution in [3.63, 3.8) is 0 Å². The van der Waals surface area contributed by atoms with Crippen molar-refractivity contribution in [2.24, 2.45) is 5.92 Å². The molecule has 1 N–H and O–H groups in total. The summed E-state index contributed by atoms with van der Waals surface area (Å²) in [5.41, 5.74) is 1.27. The van der Waals surface area contributed by atoms with Crippen LogP contribution in [0.1, 0.15) is 18.5 Å². The molecule has 4 heteroatoms. The Labute approximate surface area is 121 Å². The number of likely N-dealkylation sites (N-methyl/N-ethyl adjacent to an activating group) is 1. The number of morpholine rings is 1. The fourth-order valence-electron chi connectivity index (χ4n) is 3.05. The first kappa shape index (κ1) is 13.9. The first-order valence-electron chi connectivity index (χ1n) is 7.49. The van der Waals surface area contributed by atoms with Gasteiger partial charge in [0.05, 0.1) is 19.3 Å². The quantitative estimate of drug-likeness (QED) is 0.910. The zero-order valence-electron chi connectivity index (χ0n) is 12.3. The standard InChI is InChI=1S/C16H24N2O2/c1-12-11-20-15-6-4-3-5-14(15)16(12)17-9-13-10-18(2)7-8-19-13/h3-6,12-13,16-17H,7-11H2,1-2H3. The molecule has 1 fully saturated rings. The summed E-state index contributed by atoms with van der Waals surface area (Å²) >= 11 is 0. The average molecular weight is 276 g/mol. The molecule has 110 valence electrons. The lowest BCUT2D eigenvalue weighted by molar-refractivity contribution is -0.0207. The van der Waals surface area contributed by atoms with Gasteiger partial charge < -0.3 is 19.7 Å². The van der Waals surface area contributed by atoms with Crippen LogP contribution >= 0.6 is 0 Å². The summed E-state index contributed by atoms with van der Waals surface area (Å²) in [5, 5.41) is 3.69. The molecule has 0 amide bonds. The number of fused-ring (bicyclic) bond motifs is 1. The second-order valence-electron chi connectivity index (χ2n) is 5.97. The maximum Gasteiger partial charge on any atom is 0.124 e. The highest BCUT2D eigenvalue weighted by molar-refractivity contribution is 5.37. The van der Waals surface area contributed by atoms with Crippen LogP contribution in [-0.2, 0) is 4.74 Å². The molecule has 3 unspecified atom stereocenters. The van der Waals surface area contributed by atoms with Gasteiger partial charge in [-0.15, -0.1) is 0 Å². The predicted molar refractivity (Wildman–Crippen MR) is 79.1 cm³/mol. The van der Waals surface area contributed by atoms with Gasteiger partial charge in [0.2, 0.25) is 0 Å². The maximum atomic E-state index is 5.83. The van der Waals surface area contributed by atoms with Crippen molar-refractivity contribution in [1.82, 2.24) is 10.2 Å². The van der Waals surface area contributed by atoms with Crippen LogP contribution < -0.4 is 10.1 Å². The number of para-hydroxylation sites is 1. The van der Waals surface area contributed by atoms with Crippen molar-refractivity contribution in [3.05, 3.63) is 29.8 Å². The van der Waals surface area contributed by atoms with E-state index in [2.05, 4.69) is 42.4 Å². The molecular formula is C16H24N2O2. The molecule has 20 heavy (non-hydrogen) atoms. The molecule has 1 saturated heterocycles. The number of ether oxygens (including phenoxy) is 2. The minimum Gasteiger partial charge on any atom is -0.493 e. The van der Waals surface area contributed by atoms with Crippen molar-refractivity contribution < 1.29 is 9.47 Å². The van der Waals surface area contributed by atoms with Crippen LogP contribution in [0.15, 0.2) is 24.3 Å². The number of benzene rings is 1. The van der Waals surface area contributed by atoms with Crippen LogP contribution in [0.3, 0.4) is 0 Å². The van der Waals surface area contributed by atoms with Gasteiger partial charge in [-0.25, -0.2) is 0 Å². The molecule has 0 aromatic heterocycles. The number of hydrogen-bond donors (Lipinski definition) is 1. The molecule has 0 saturated carbocycles. The third-order valence-corrected chi connectivity index (χ3v) is 4.23. The number of rotatable bonds is 3. The van der Waals surface area contributed by atoms with Crippen molar-refractivity contribution in [1.29, 1.82) is 0 Å². The van der Waals surface area contributed by atoms with E-state index in [-0.39, 0.29) is 6.10 Å². The molecule has 0 aliphatic carbocycles. The van der Waals surface area contributed by atoms with E-state index in [0.717, 1.165) is 38.6 Å². The minimum absolute atomic E-state index is 0.288. The summed E-state index contributed by atoms with van der Waals surface area (Å²) in [6, 6.07) is 8.69. The van der Waals surface area contributed by atoms with E-state index in [4.69, 9.17) is 9.47 Å². The lowest BCUT2D eigenvalue weighted by atomic mass is 9.92. The van der Waals surface area contributed by atoms with E-state index in [0.29, 0.717) is 12.0 Å². The molecule has 4 nitrogen and oxygen atoms in total. The van der Waals surface area contributed by atoms with Crippen molar-refractivity contribution in [2.45, 2.75) is 19.1 Å². The molecule has 2 heterocycles. The summed E-state index contributed by atoms with van der Waals surface area (Å²) in [7, 11) is 2.15. The number of nitrogens with zero attached hydrogens (tertiary/aromatic N) is 1. The summed E-state index contributed by atoms with van der Waals surface area (Å²) in [4.78, 5) is 2.33. The number of nitrogens with one attached hydrogen (secondary N) is 1. The third-order valence-electron chi connectivity index (χ3n) is 4.23. The molecular weight excluding hydrogens is 252 g/mol. The Morgan fingerprint density at radius 1 is 1.35 bits per heavy atom. The molecule has 2 aliphatic heterocycles. The molecule has 1 aromatic rings. The summed E-state index contributed by atoms with van der Waals surface area (Å²) in [6.45, 7) is 6.79. The van der Waals surface area contributed by atoms with E-state index in [1.165, 1.54) is 5.56 Å². The average Bonchev–Trinajstić information content (AvgIpc) is 2.46. The highest BCUT2D eigenvalue weighted by atomic mass is 16.5. The van der Waals surface area contributed by atoms with E-state index in [1.807, 2.05) is 6.07 Å². The second-order valence-corrected chi connectivity index (χ2v) is 5.97. The summed E-state index contributed by atoms with van der Waals surface area (Å²) in [5.74, 6) is 1.50. The van der Waals surface area contributed by atoms with Crippen LogP contribution in [-0.4, -0.2) is 50.9 Å². The predicted octanol–water partition coefficient (Wildman–Crippen LogP) is 1.68. The van der Waals surface area contributed by atoms with E-state index in [9.17, 15) is 0 Å². The van der Waals surface area contributed by atoms with E-state index >= 15 is 0 Å². The Kier molecular flexibility index (Phi) is 4.24. The normalized spacial score (nSPS) is 30.6. The van der Waals surface area contributed by atoms with Gasteiger partial charge in [0.15, 0.2) is 0 Å². The zero-order chi connectivity index (χ0) is 13.9. The Morgan fingerprint density at radius 2 is 2.20 bits per heavy atom. The molecule has 3 atom stereocenters. The Hall–Kier alpha value is -1.10. The Bertz CT molecular complexity index is 452. The second kappa shape index (κ2) is 6.12. The van der Waals surface area contributed by atoms with Crippen LogP contribution in [0.2, 0.25) is 0 Å². The lowest BCUT2D eigenvalue weighted by Crippen LogP contribution is -2.46. The fourth-order valence-corrected chi connectivity index (χ4v) is 3.05. The van der Waals surface area contributed by atoms with Crippen LogP contribution in [0.25, 0.3) is 0 Å². The third kappa shape index (κ3) is 2.97. The lowest BCUT2D eigenvalue weighted by Gasteiger charge is -2.35. The molecule has 0 radical (unpaired) electrons. The van der Waals surface area contributed by atoms with E-state index < -0.39 is 0 Å². The fraction of sp³-hybridized carbons (Fsp3) is 0.625. The largest absolute Gasteiger partial charge is 0.493 e. The van der Waals surface area contributed by atoms with Gasteiger partial charge in [0, 0.05) is 37.2 Å². The maximum absolute atomic E-state index is 5.83. The van der Waals surface area contributed by atoms with Gasteiger partial charge in [-0.3, -0.25) is 0 Å². The summed E-state index contributed by atoms with van der Waals surface area (Å²) < 4.78 is 11.6. The minimum atomic E-state index is 0.288. The zero-order valence-corrected chi connectivity index (χ0v) is 12.3. The molecule has 0 spiro atoms. The van der Waals surface area contributed by atoms with Gasteiger partial charge >= 0.3 is 0 Å². The van der Waals surface area contributed by atoms with Gasteiger partial charge in [0.25, 0.3) is 0 Å². The van der Waals surface area contributed by atoms with Crippen LogP contribution in [0.4, 0.5) is 0 Å². The van der Waals surface area contributed by atoms with Crippen LogP contribution in [0.5, 0.6) is 5.75 Å². The van der Waals surface area contributed by atoms with E-state index in [1.54, 1.807) is 0 Å². The van der Waals surface area contributed by atoms with Crippen LogP contribution in [0, 0.1) is 5.92 Å². The van der Waals surface area contributed by atoms with Gasteiger partial charge in [0.1, 0.15) is 5.75 Å². The van der Waals surface area contributed by atoms with Crippen molar-refractivity contribution in [3.8, 4) is 5.75 Å². The first-order chi connectivity index (χ1) is 9.74. The molecule has 1 aromatic carbocycles. The van der Waals surface area contributed by atoms with Gasteiger partial charge in [-0.1, -0.05) is 25.1 Å². The smallest absolute Gasteiger partial charge is 0.124 e. The molecule has 2 aliphatic rings. The van der Waals surface area contributed by atoms with Gasteiger partial charge in [-0.2, -0.15) is 0 Å². The Morgan fingerprint density at radius 3 is 3.05 bits per heavy atom. The summed E-state index contributed by atoms with van der Waals surface area (Å²) in [6.07, 6.45) is 0.288.